The van der Waals surface area contributed by atoms with Crippen molar-refractivity contribution in [3.05, 3.63) is 17.5 Å². The topological polar surface area (TPSA) is 81.4 Å². The van der Waals surface area contributed by atoms with E-state index in [9.17, 15) is 22.8 Å². The minimum Gasteiger partial charge on any atom is -0.478 e. The molecule has 2 rings (SSSR count). The Morgan fingerprint density at radius 1 is 1.38 bits per heavy atom. The highest BCUT2D eigenvalue weighted by Crippen LogP contribution is 2.41. The summed E-state index contributed by atoms with van der Waals surface area (Å²) in [5.41, 5.74) is -2.14. The molecule has 0 spiro atoms. The van der Waals surface area contributed by atoms with Crippen molar-refractivity contribution < 1.29 is 32.6 Å². The Morgan fingerprint density at radius 3 is 2.62 bits per heavy atom. The second-order valence-corrected chi connectivity index (χ2v) is 5.78. The summed E-state index contributed by atoms with van der Waals surface area (Å²) in [5, 5.41) is 12.7. The van der Waals surface area contributed by atoms with Crippen LogP contribution in [0, 0.1) is 5.92 Å². The van der Waals surface area contributed by atoms with Crippen molar-refractivity contribution in [3.8, 4) is 0 Å². The maximum atomic E-state index is 13.4. The molecule has 24 heavy (non-hydrogen) atoms. The van der Waals surface area contributed by atoms with Gasteiger partial charge in [0.1, 0.15) is 5.56 Å². The van der Waals surface area contributed by atoms with Crippen molar-refractivity contribution in [2.75, 3.05) is 6.61 Å². The quantitative estimate of drug-likeness (QED) is 0.826. The first-order chi connectivity index (χ1) is 11.3. The van der Waals surface area contributed by atoms with E-state index < -0.39 is 35.4 Å². The van der Waals surface area contributed by atoms with Gasteiger partial charge in [0.2, 0.25) is 0 Å². The number of nitrogens with zero attached hydrogens (tertiary/aromatic N) is 2. The number of carboxylic acids is 1. The van der Waals surface area contributed by atoms with Crippen LogP contribution < -0.4 is 0 Å². The van der Waals surface area contributed by atoms with Gasteiger partial charge in [-0.25, -0.2) is 4.79 Å². The molecule has 1 aromatic heterocycles. The van der Waals surface area contributed by atoms with Crippen LogP contribution in [0.5, 0.6) is 0 Å². The summed E-state index contributed by atoms with van der Waals surface area (Å²) in [6.07, 6.45) is -1.63. The summed E-state index contributed by atoms with van der Waals surface area (Å²) in [4.78, 5) is 22.8. The lowest BCUT2D eigenvalue weighted by molar-refractivity contribution is -0.147. The fraction of sp³-hybridized carbons (Fsp3) is 0.667. The third-order valence-corrected chi connectivity index (χ3v) is 4.21. The third kappa shape index (κ3) is 3.88. The van der Waals surface area contributed by atoms with Crippen molar-refractivity contribution in [3.63, 3.8) is 0 Å². The van der Waals surface area contributed by atoms with Crippen molar-refractivity contribution in [2.45, 2.75) is 51.2 Å². The second-order valence-electron chi connectivity index (χ2n) is 5.78. The monoisotopic (exact) mass is 348 g/mol. The van der Waals surface area contributed by atoms with Gasteiger partial charge < -0.3 is 9.84 Å². The summed E-state index contributed by atoms with van der Waals surface area (Å²) >= 11 is 0. The summed E-state index contributed by atoms with van der Waals surface area (Å²) in [6.45, 7) is 1.86. The zero-order valence-corrected chi connectivity index (χ0v) is 13.2. The van der Waals surface area contributed by atoms with Crippen LogP contribution in [-0.2, 0) is 15.7 Å². The first-order valence-electron chi connectivity index (χ1n) is 7.79. The Balaban J connectivity index is 2.37. The molecule has 0 saturated heterocycles. The number of rotatable bonds is 5. The van der Waals surface area contributed by atoms with Gasteiger partial charge in [0, 0.05) is 0 Å². The standard InChI is InChI=1S/C15H19F3N2O4/c1-2-24-12(21)7-9-5-3-4-6-11(9)20-13(15(16,17)18)10(8-19-20)14(22)23/h8-9,11H,2-7H2,1H3,(H,22,23)/t9-,11+/m0/s1. The molecule has 6 nitrogen and oxygen atoms in total. The molecule has 0 aliphatic heterocycles. The lowest BCUT2D eigenvalue weighted by Gasteiger charge is -2.32. The lowest BCUT2D eigenvalue weighted by Crippen LogP contribution is -2.30. The average Bonchev–Trinajstić information content (AvgIpc) is 2.93. The normalized spacial score (nSPS) is 21.5. The van der Waals surface area contributed by atoms with Gasteiger partial charge in [-0.2, -0.15) is 18.3 Å². The summed E-state index contributed by atoms with van der Waals surface area (Å²) in [6, 6.07) is -0.673. The average molecular weight is 348 g/mol. The van der Waals surface area contributed by atoms with E-state index in [1.807, 2.05) is 0 Å². The summed E-state index contributed by atoms with van der Waals surface area (Å²) < 4.78 is 45.7. The van der Waals surface area contributed by atoms with Crippen LogP contribution in [0.4, 0.5) is 13.2 Å². The fourth-order valence-corrected chi connectivity index (χ4v) is 3.23. The van der Waals surface area contributed by atoms with Gasteiger partial charge in [-0.15, -0.1) is 0 Å². The first kappa shape index (κ1) is 18.3. The van der Waals surface area contributed by atoms with Crippen molar-refractivity contribution in [2.24, 2.45) is 5.92 Å². The molecule has 134 valence electrons. The van der Waals surface area contributed by atoms with Crippen molar-refractivity contribution in [1.29, 1.82) is 0 Å². The number of halogens is 3. The van der Waals surface area contributed by atoms with Crippen LogP contribution in [0.15, 0.2) is 6.20 Å². The first-order valence-corrected chi connectivity index (χ1v) is 7.79. The molecule has 1 aliphatic rings. The van der Waals surface area contributed by atoms with Crippen LogP contribution in [0.25, 0.3) is 0 Å². The van der Waals surface area contributed by atoms with Gasteiger partial charge >= 0.3 is 18.1 Å². The minimum atomic E-state index is -4.84. The maximum Gasteiger partial charge on any atom is 0.433 e. The molecular formula is C15H19F3N2O4. The fourth-order valence-electron chi connectivity index (χ4n) is 3.23. The number of aromatic carboxylic acids is 1. The number of carbonyl (C=O) groups excluding carboxylic acids is 1. The zero-order chi connectivity index (χ0) is 17.9. The van der Waals surface area contributed by atoms with Crippen LogP contribution in [0.3, 0.4) is 0 Å². The van der Waals surface area contributed by atoms with Gasteiger partial charge in [-0.1, -0.05) is 12.8 Å². The molecule has 1 heterocycles. The van der Waals surface area contributed by atoms with Gasteiger partial charge in [0.15, 0.2) is 5.69 Å². The number of alkyl halides is 3. The molecule has 1 aromatic rings. The number of carboxylic acid groups (broad SMARTS) is 1. The smallest absolute Gasteiger partial charge is 0.433 e. The molecule has 9 heteroatoms. The number of hydrogen-bond acceptors (Lipinski definition) is 4. The maximum absolute atomic E-state index is 13.4. The molecule has 1 saturated carbocycles. The highest BCUT2D eigenvalue weighted by atomic mass is 19.4. The Labute approximate surface area is 136 Å². The lowest BCUT2D eigenvalue weighted by atomic mass is 9.82. The Bertz CT molecular complexity index is 612. The van der Waals surface area contributed by atoms with Crippen LogP contribution >= 0.6 is 0 Å². The number of hydrogen-bond donors (Lipinski definition) is 1. The van der Waals surface area contributed by atoms with E-state index in [1.165, 1.54) is 0 Å². The number of esters is 1. The van der Waals surface area contributed by atoms with E-state index in [4.69, 9.17) is 9.84 Å². The van der Waals surface area contributed by atoms with E-state index in [1.54, 1.807) is 6.92 Å². The van der Waals surface area contributed by atoms with Crippen molar-refractivity contribution in [1.82, 2.24) is 9.78 Å². The minimum absolute atomic E-state index is 0.00192. The Morgan fingerprint density at radius 2 is 2.04 bits per heavy atom. The molecule has 1 N–H and O–H groups in total. The van der Waals surface area contributed by atoms with E-state index >= 15 is 0 Å². The van der Waals surface area contributed by atoms with Crippen LogP contribution in [0.2, 0.25) is 0 Å². The molecule has 1 fully saturated rings. The predicted molar refractivity (Wildman–Crippen MR) is 76.4 cm³/mol. The third-order valence-electron chi connectivity index (χ3n) is 4.21. The molecule has 0 radical (unpaired) electrons. The number of carbonyl (C=O) groups is 2. The van der Waals surface area contributed by atoms with Crippen molar-refractivity contribution >= 4 is 11.9 Å². The van der Waals surface area contributed by atoms with E-state index in [0.29, 0.717) is 19.3 Å². The Kier molecular flexibility index (Phi) is 5.51. The molecule has 0 bridgehead atoms. The highest BCUT2D eigenvalue weighted by Gasteiger charge is 2.43. The summed E-state index contributed by atoms with van der Waals surface area (Å²) in [7, 11) is 0. The van der Waals surface area contributed by atoms with E-state index in [0.717, 1.165) is 17.3 Å². The molecule has 0 amide bonds. The number of ether oxygens (including phenoxy) is 1. The largest absolute Gasteiger partial charge is 0.478 e. The molecular weight excluding hydrogens is 329 g/mol. The molecule has 0 aromatic carbocycles. The highest BCUT2D eigenvalue weighted by molar-refractivity contribution is 5.88. The Hall–Kier alpha value is -2.06. The SMILES string of the molecule is CCOC(=O)C[C@@H]1CCCC[C@H]1n1ncc(C(=O)O)c1C(F)(F)F. The predicted octanol–water partition coefficient (Wildman–Crippen LogP) is 3.28. The molecule has 2 atom stereocenters. The van der Waals surface area contributed by atoms with Crippen LogP contribution in [0.1, 0.15) is 61.1 Å². The van der Waals surface area contributed by atoms with E-state index in [-0.39, 0.29) is 18.9 Å². The zero-order valence-electron chi connectivity index (χ0n) is 13.2. The summed E-state index contributed by atoms with van der Waals surface area (Å²) in [5.74, 6) is -2.50. The second kappa shape index (κ2) is 7.23. The molecule has 0 unspecified atom stereocenters. The van der Waals surface area contributed by atoms with Gasteiger partial charge in [-0.3, -0.25) is 9.48 Å². The van der Waals surface area contributed by atoms with Gasteiger partial charge in [0.25, 0.3) is 0 Å². The molecule has 1 aliphatic carbocycles. The van der Waals surface area contributed by atoms with E-state index in [2.05, 4.69) is 5.10 Å². The van der Waals surface area contributed by atoms with Gasteiger partial charge in [-0.05, 0) is 25.7 Å². The van der Waals surface area contributed by atoms with Crippen LogP contribution in [-0.4, -0.2) is 33.4 Å². The number of aromatic nitrogens is 2. The van der Waals surface area contributed by atoms with Gasteiger partial charge in [0.05, 0.1) is 25.3 Å².